The number of aryl methyl sites for hydroxylation is 1. The van der Waals surface area contributed by atoms with E-state index in [0.29, 0.717) is 34.7 Å². The van der Waals surface area contributed by atoms with Crippen molar-refractivity contribution >= 4 is 39.9 Å². The first-order chi connectivity index (χ1) is 12.6. The number of hydrogen-bond donors (Lipinski definition) is 0. The Bertz CT molecular complexity index is 1110. The monoisotopic (exact) mass is 387 g/mol. The van der Waals surface area contributed by atoms with Gasteiger partial charge in [-0.3, -0.25) is 0 Å². The van der Waals surface area contributed by atoms with Gasteiger partial charge in [-0.25, -0.2) is 4.79 Å². The average molecular weight is 388 g/mol. The first-order valence-electron chi connectivity index (χ1n) is 8.55. The third kappa shape index (κ3) is 2.40. The fourth-order valence-electron chi connectivity index (χ4n) is 3.95. The molecule has 1 aliphatic heterocycles. The first kappa shape index (κ1) is 16.0. The molecule has 1 aliphatic carbocycles. The van der Waals surface area contributed by atoms with E-state index in [-0.39, 0.29) is 5.63 Å². The van der Waals surface area contributed by atoms with E-state index < -0.39 is 0 Å². The van der Waals surface area contributed by atoms with E-state index in [1.807, 2.05) is 35.2 Å². The van der Waals surface area contributed by atoms with E-state index in [1.54, 1.807) is 0 Å². The van der Waals surface area contributed by atoms with Crippen LogP contribution in [0.3, 0.4) is 0 Å². The lowest BCUT2D eigenvalue weighted by atomic mass is 10.0. The molecule has 132 valence electrons. The molecule has 2 heterocycles. The summed E-state index contributed by atoms with van der Waals surface area (Å²) in [4.78, 5) is 14.5. The Kier molecular flexibility index (Phi) is 3.66. The van der Waals surface area contributed by atoms with Crippen LogP contribution in [-0.2, 0) is 19.4 Å². The molecule has 0 bridgehead atoms. The predicted octanol–water partition coefficient (Wildman–Crippen LogP) is 4.95. The summed E-state index contributed by atoms with van der Waals surface area (Å²) in [7, 11) is 0. The van der Waals surface area contributed by atoms with Crippen molar-refractivity contribution in [2.75, 3.05) is 11.6 Å². The molecule has 0 saturated carbocycles. The molecule has 26 heavy (non-hydrogen) atoms. The minimum atomic E-state index is -0.241. The number of halogens is 2. The summed E-state index contributed by atoms with van der Waals surface area (Å²) in [6, 6.07) is 9.46. The molecular formula is C20H15Cl2NO3. The molecular weight excluding hydrogens is 373 g/mol. The molecule has 2 aromatic carbocycles. The number of rotatable bonds is 1. The largest absolute Gasteiger partial charge is 0.471 e. The third-order valence-electron chi connectivity index (χ3n) is 5.15. The van der Waals surface area contributed by atoms with E-state index in [9.17, 15) is 4.79 Å². The van der Waals surface area contributed by atoms with Crippen LogP contribution in [-0.4, -0.2) is 6.73 Å². The smallest absolute Gasteiger partial charge is 0.339 e. The van der Waals surface area contributed by atoms with Crippen LogP contribution in [0.5, 0.6) is 5.75 Å². The predicted molar refractivity (Wildman–Crippen MR) is 103 cm³/mol. The molecule has 0 amide bonds. The van der Waals surface area contributed by atoms with Gasteiger partial charge in [0.15, 0.2) is 6.73 Å². The maximum atomic E-state index is 12.4. The zero-order valence-corrected chi connectivity index (χ0v) is 15.4. The minimum absolute atomic E-state index is 0.241. The van der Waals surface area contributed by atoms with Crippen molar-refractivity contribution in [1.82, 2.24) is 0 Å². The number of anilines is 1. The van der Waals surface area contributed by atoms with Gasteiger partial charge >= 0.3 is 5.63 Å². The summed E-state index contributed by atoms with van der Waals surface area (Å²) in [5.74, 6) is 0.596. The fraction of sp³-hybridized carbons (Fsp3) is 0.250. The van der Waals surface area contributed by atoms with Gasteiger partial charge in [-0.1, -0.05) is 29.3 Å². The standard InChI is InChI=1S/C20H15Cl2NO3/c21-11-3-1-4-12(7-11)23-9-16-18-15(8-17(22)19(16)25-10-23)13-5-2-6-14(13)20(24)26-18/h1,3-4,7-8H,2,5-6,9-10H2. The summed E-state index contributed by atoms with van der Waals surface area (Å²) < 4.78 is 11.6. The van der Waals surface area contributed by atoms with Gasteiger partial charge in [-0.15, -0.1) is 0 Å². The lowest BCUT2D eigenvalue weighted by Crippen LogP contribution is -2.32. The van der Waals surface area contributed by atoms with Crippen LogP contribution in [0.25, 0.3) is 11.0 Å². The van der Waals surface area contributed by atoms with Crippen LogP contribution >= 0.6 is 23.2 Å². The minimum Gasteiger partial charge on any atom is -0.471 e. The van der Waals surface area contributed by atoms with Crippen molar-refractivity contribution in [1.29, 1.82) is 0 Å². The summed E-state index contributed by atoms with van der Waals surface area (Å²) in [5, 5.41) is 2.15. The number of fused-ring (bicyclic) bond motifs is 5. The van der Waals surface area contributed by atoms with Gasteiger partial charge in [0.05, 0.1) is 17.1 Å². The van der Waals surface area contributed by atoms with Crippen molar-refractivity contribution < 1.29 is 9.15 Å². The lowest BCUT2D eigenvalue weighted by molar-refractivity contribution is 0.289. The van der Waals surface area contributed by atoms with E-state index in [2.05, 4.69) is 0 Å². The van der Waals surface area contributed by atoms with Gasteiger partial charge in [-0.2, -0.15) is 0 Å². The summed E-state index contributed by atoms with van der Waals surface area (Å²) in [5.41, 5.74) is 3.96. The number of nitrogens with zero attached hydrogens (tertiary/aromatic N) is 1. The Hall–Kier alpha value is -2.17. The van der Waals surface area contributed by atoms with Gasteiger partial charge < -0.3 is 14.1 Å². The lowest BCUT2D eigenvalue weighted by Gasteiger charge is -2.31. The highest BCUT2D eigenvalue weighted by molar-refractivity contribution is 6.33. The molecule has 3 aromatic rings. The van der Waals surface area contributed by atoms with Crippen LogP contribution in [0.15, 0.2) is 39.5 Å². The molecule has 1 aromatic heterocycles. The highest BCUT2D eigenvalue weighted by Gasteiger charge is 2.28. The van der Waals surface area contributed by atoms with Crippen LogP contribution in [0, 0.1) is 0 Å². The second-order valence-electron chi connectivity index (χ2n) is 6.69. The SMILES string of the molecule is O=c1oc2c3c(c(Cl)cc2c2c1CCC2)OCN(c1cccc(Cl)c1)C3. The summed E-state index contributed by atoms with van der Waals surface area (Å²) in [6.07, 6.45) is 2.62. The average Bonchev–Trinajstić information content (AvgIpc) is 3.13. The molecule has 6 heteroatoms. The Morgan fingerprint density at radius 2 is 1.88 bits per heavy atom. The molecule has 2 aliphatic rings. The zero-order chi connectivity index (χ0) is 17.8. The molecule has 5 rings (SSSR count). The van der Waals surface area contributed by atoms with E-state index >= 15 is 0 Å². The molecule has 4 nitrogen and oxygen atoms in total. The van der Waals surface area contributed by atoms with E-state index in [0.717, 1.165) is 47.0 Å². The Balaban J connectivity index is 1.70. The molecule has 0 radical (unpaired) electrons. The zero-order valence-electron chi connectivity index (χ0n) is 13.9. The van der Waals surface area contributed by atoms with Crippen molar-refractivity contribution in [3.63, 3.8) is 0 Å². The Labute approximate surface area is 159 Å². The highest BCUT2D eigenvalue weighted by atomic mass is 35.5. The van der Waals surface area contributed by atoms with Gasteiger partial charge in [0, 0.05) is 21.7 Å². The molecule has 0 N–H and O–H groups in total. The molecule has 0 unspecified atom stereocenters. The first-order valence-corrected chi connectivity index (χ1v) is 9.30. The quantitative estimate of drug-likeness (QED) is 0.554. The summed E-state index contributed by atoms with van der Waals surface area (Å²) >= 11 is 12.6. The van der Waals surface area contributed by atoms with Gasteiger partial charge in [0.1, 0.15) is 11.3 Å². The normalized spacial score (nSPS) is 15.7. The third-order valence-corrected chi connectivity index (χ3v) is 5.67. The molecule has 0 fully saturated rings. The molecule has 0 atom stereocenters. The Morgan fingerprint density at radius 3 is 2.73 bits per heavy atom. The van der Waals surface area contributed by atoms with E-state index in [1.165, 1.54) is 0 Å². The fourth-order valence-corrected chi connectivity index (χ4v) is 4.41. The number of hydrogen-bond acceptors (Lipinski definition) is 4. The van der Waals surface area contributed by atoms with Crippen LogP contribution in [0.1, 0.15) is 23.1 Å². The van der Waals surface area contributed by atoms with Gasteiger partial charge in [-0.05, 0) is 49.1 Å². The van der Waals surface area contributed by atoms with Crippen LogP contribution in [0.2, 0.25) is 10.0 Å². The second-order valence-corrected chi connectivity index (χ2v) is 7.54. The van der Waals surface area contributed by atoms with Gasteiger partial charge in [0.2, 0.25) is 0 Å². The molecule has 0 spiro atoms. The maximum absolute atomic E-state index is 12.4. The van der Waals surface area contributed by atoms with Crippen molar-refractivity contribution in [2.24, 2.45) is 0 Å². The second kappa shape index (κ2) is 5.93. The topological polar surface area (TPSA) is 42.7 Å². The maximum Gasteiger partial charge on any atom is 0.339 e. The van der Waals surface area contributed by atoms with E-state index in [4.69, 9.17) is 32.4 Å². The van der Waals surface area contributed by atoms with Gasteiger partial charge in [0.25, 0.3) is 0 Å². The van der Waals surface area contributed by atoms with Crippen molar-refractivity contribution in [3.8, 4) is 5.75 Å². The number of benzene rings is 2. The Morgan fingerprint density at radius 1 is 1.04 bits per heavy atom. The molecule has 0 saturated heterocycles. The van der Waals surface area contributed by atoms with Crippen molar-refractivity contribution in [3.05, 3.63) is 67.5 Å². The van der Waals surface area contributed by atoms with Crippen LogP contribution in [0.4, 0.5) is 5.69 Å². The summed E-state index contributed by atoms with van der Waals surface area (Å²) in [6.45, 7) is 0.891. The number of ether oxygens (including phenoxy) is 1. The highest BCUT2D eigenvalue weighted by Crippen LogP contribution is 2.41. The van der Waals surface area contributed by atoms with Crippen LogP contribution < -0.4 is 15.3 Å². The van der Waals surface area contributed by atoms with Crippen molar-refractivity contribution in [2.45, 2.75) is 25.8 Å².